The third-order valence-corrected chi connectivity index (χ3v) is 3.68. The normalized spacial score (nSPS) is 10.4. The van der Waals surface area contributed by atoms with Gasteiger partial charge >= 0.3 is 17.9 Å². The molecule has 1 rings (SSSR count). The standard InChI is InChI=1S/C18H27NO6/c1-5-23-15(20)10-8-13-12(4)19-17(18(22)25-7-3)14(13)9-11-16(21)24-6-2/h19H,5-11H2,1-4H3. The van der Waals surface area contributed by atoms with Crippen molar-refractivity contribution >= 4 is 17.9 Å². The molecular weight excluding hydrogens is 326 g/mol. The Balaban J connectivity index is 3.01. The second-order valence-corrected chi connectivity index (χ2v) is 5.41. The van der Waals surface area contributed by atoms with Crippen LogP contribution in [-0.4, -0.2) is 42.7 Å². The lowest BCUT2D eigenvalue weighted by Crippen LogP contribution is -2.12. The Hall–Kier alpha value is -2.31. The van der Waals surface area contributed by atoms with Crippen LogP contribution in [0.25, 0.3) is 0 Å². The summed E-state index contributed by atoms with van der Waals surface area (Å²) in [6.07, 6.45) is 1.14. The number of H-pyrrole nitrogens is 1. The molecule has 140 valence electrons. The summed E-state index contributed by atoms with van der Waals surface area (Å²) in [5.74, 6) is -1.09. The highest BCUT2D eigenvalue weighted by Crippen LogP contribution is 2.23. The summed E-state index contributed by atoms with van der Waals surface area (Å²) >= 11 is 0. The van der Waals surface area contributed by atoms with Crippen LogP contribution < -0.4 is 0 Å². The maximum absolute atomic E-state index is 12.2. The van der Waals surface area contributed by atoms with Gasteiger partial charge in [-0.15, -0.1) is 0 Å². The molecular formula is C18H27NO6. The molecule has 0 aliphatic rings. The highest BCUT2D eigenvalue weighted by atomic mass is 16.5. The van der Waals surface area contributed by atoms with Gasteiger partial charge in [0.25, 0.3) is 0 Å². The van der Waals surface area contributed by atoms with Crippen molar-refractivity contribution in [2.24, 2.45) is 0 Å². The molecule has 1 heterocycles. The molecule has 0 fully saturated rings. The van der Waals surface area contributed by atoms with Gasteiger partial charge in [-0.2, -0.15) is 0 Å². The number of aromatic amines is 1. The van der Waals surface area contributed by atoms with Gasteiger partial charge in [0.2, 0.25) is 0 Å². The van der Waals surface area contributed by atoms with Gasteiger partial charge in [-0.25, -0.2) is 4.79 Å². The molecule has 0 atom stereocenters. The number of esters is 3. The average molecular weight is 353 g/mol. The lowest BCUT2D eigenvalue weighted by molar-refractivity contribution is -0.144. The number of hydrogen-bond donors (Lipinski definition) is 1. The average Bonchev–Trinajstić information content (AvgIpc) is 2.88. The maximum atomic E-state index is 12.2. The molecule has 1 N–H and O–H groups in total. The molecule has 0 amide bonds. The largest absolute Gasteiger partial charge is 0.466 e. The quantitative estimate of drug-likeness (QED) is 0.513. The van der Waals surface area contributed by atoms with Crippen LogP contribution in [-0.2, 0) is 36.6 Å². The zero-order valence-electron chi connectivity index (χ0n) is 15.4. The van der Waals surface area contributed by atoms with Crippen molar-refractivity contribution < 1.29 is 28.6 Å². The number of aryl methyl sites for hydroxylation is 1. The van der Waals surface area contributed by atoms with Gasteiger partial charge in [0.05, 0.1) is 19.8 Å². The molecule has 0 aliphatic carbocycles. The topological polar surface area (TPSA) is 94.7 Å². The Bertz CT molecular complexity index is 605. The summed E-state index contributed by atoms with van der Waals surface area (Å²) in [4.78, 5) is 38.5. The number of carbonyl (C=O) groups excluding carboxylic acids is 3. The van der Waals surface area contributed by atoms with E-state index in [9.17, 15) is 14.4 Å². The first kappa shape index (κ1) is 20.7. The molecule has 0 bridgehead atoms. The smallest absolute Gasteiger partial charge is 0.355 e. The van der Waals surface area contributed by atoms with Crippen LogP contribution in [0.5, 0.6) is 0 Å². The van der Waals surface area contributed by atoms with Gasteiger partial charge in [0.15, 0.2) is 0 Å². The van der Waals surface area contributed by atoms with Gasteiger partial charge in [-0.05, 0) is 51.7 Å². The van der Waals surface area contributed by atoms with Crippen molar-refractivity contribution in [3.8, 4) is 0 Å². The first-order valence-electron chi connectivity index (χ1n) is 8.63. The van der Waals surface area contributed by atoms with Gasteiger partial charge in [0.1, 0.15) is 5.69 Å². The Kier molecular flexibility index (Phi) is 8.74. The summed E-state index contributed by atoms with van der Waals surface area (Å²) in [7, 11) is 0. The lowest BCUT2D eigenvalue weighted by Gasteiger charge is -2.08. The molecule has 0 radical (unpaired) electrons. The predicted molar refractivity (Wildman–Crippen MR) is 91.4 cm³/mol. The van der Waals surface area contributed by atoms with Gasteiger partial charge in [-0.3, -0.25) is 9.59 Å². The van der Waals surface area contributed by atoms with E-state index in [0.717, 1.165) is 11.3 Å². The van der Waals surface area contributed by atoms with Crippen molar-refractivity contribution in [1.29, 1.82) is 0 Å². The van der Waals surface area contributed by atoms with Crippen LogP contribution in [0.3, 0.4) is 0 Å². The summed E-state index contributed by atoms with van der Waals surface area (Å²) in [5.41, 5.74) is 2.67. The molecule has 0 aliphatic heterocycles. The minimum absolute atomic E-state index is 0.157. The second-order valence-electron chi connectivity index (χ2n) is 5.41. The van der Waals surface area contributed by atoms with E-state index in [4.69, 9.17) is 14.2 Å². The monoisotopic (exact) mass is 353 g/mol. The van der Waals surface area contributed by atoms with E-state index in [-0.39, 0.29) is 31.4 Å². The van der Waals surface area contributed by atoms with E-state index >= 15 is 0 Å². The Labute approximate surface area is 148 Å². The number of aromatic nitrogens is 1. The minimum atomic E-state index is -0.466. The molecule has 7 heteroatoms. The van der Waals surface area contributed by atoms with Gasteiger partial charge < -0.3 is 19.2 Å². The number of hydrogen-bond acceptors (Lipinski definition) is 6. The van der Waals surface area contributed by atoms with E-state index in [1.54, 1.807) is 20.8 Å². The van der Waals surface area contributed by atoms with Crippen LogP contribution in [0.2, 0.25) is 0 Å². The van der Waals surface area contributed by atoms with Crippen LogP contribution in [0.15, 0.2) is 0 Å². The van der Waals surface area contributed by atoms with Gasteiger partial charge in [0, 0.05) is 18.5 Å². The van der Waals surface area contributed by atoms with E-state index in [2.05, 4.69) is 4.98 Å². The van der Waals surface area contributed by atoms with E-state index in [1.165, 1.54) is 0 Å². The number of rotatable bonds is 10. The number of carbonyl (C=O) groups is 3. The van der Waals surface area contributed by atoms with Crippen LogP contribution in [0, 0.1) is 6.92 Å². The fourth-order valence-electron chi connectivity index (χ4n) is 2.63. The SMILES string of the molecule is CCOC(=O)CCc1c(C)[nH]c(C(=O)OCC)c1CCC(=O)OCC. The fraction of sp³-hybridized carbons (Fsp3) is 0.611. The summed E-state index contributed by atoms with van der Waals surface area (Å²) < 4.78 is 15.0. The van der Waals surface area contributed by atoms with E-state index in [0.29, 0.717) is 37.3 Å². The highest BCUT2D eigenvalue weighted by Gasteiger charge is 2.22. The van der Waals surface area contributed by atoms with Crippen molar-refractivity contribution in [3.63, 3.8) is 0 Å². The molecule has 0 unspecified atom stereocenters. The zero-order chi connectivity index (χ0) is 18.8. The van der Waals surface area contributed by atoms with Crippen molar-refractivity contribution in [2.45, 2.75) is 53.4 Å². The summed E-state index contributed by atoms with van der Waals surface area (Å²) in [5, 5.41) is 0. The van der Waals surface area contributed by atoms with E-state index < -0.39 is 5.97 Å². The molecule has 0 spiro atoms. The molecule has 1 aromatic rings. The molecule has 0 saturated carbocycles. The molecule has 0 aromatic carbocycles. The molecule has 1 aromatic heterocycles. The summed E-state index contributed by atoms with van der Waals surface area (Å²) in [6.45, 7) is 7.95. The molecule has 25 heavy (non-hydrogen) atoms. The fourth-order valence-corrected chi connectivity index (χ4v) is 2.63. The Morgan fingerprint density at radius 1 is 0.800 bits per heavy atom. The van der Waals surface area contributed by atoms with Crippen LogP contribution in [0.1, 0.15) is 60.9 Å². The number of nitrogens with one attached hydrogen (secondary N) is 1. The van der Waals surface area contributed by atoms with Crippen LogP contribution >= 0.6 is 0 Å². The third kappa shape index (κ3) is 6.25. The third-order valence-electron chi connectivity index (χ3n) is 3.68. The van der Waals surface area contributed by atoms with E-state index in [1.807, 2.05) is 6.92 Å². The molecule has 7 nitrogen and oxygen atoms in total. The zero-order valence-corrected chi connectivity index (χ0v) is 15.4. The maximum Gasteiger partial charge on any atom is 0.355 e. The highest BCUT2D eigenvalue weighted by molar-refractivity contribution is 5.90. The molecule has 0 saturated heterocycles. The Morgan fingerprint density at radius 3 is 1.76 bits per heavy atom. The van der Waals surface area contributed by atoms with Gasteiger partial charge in [-0.1, -0.05) is 0 Å². The predicted octanol–water partition coefficient (Wildman–Crippen LogP) is 2.49. The van der Waals surface area contributed by atoms with Crippen molar-refractivity contribution in [3.05, 3.63) is 22.5 Å². The first-order valence-corrected chi connectivity index (χ1v) is 8.63. The Morgan fingerprint density at radius 2 is 1.28 bits per heavy atom. The lowest BCUT2D eigenvalue weighted by atomic mass is 9.99. The second kappa shape index (κ2) is 10.5. The van der Waals surface area contributed by atoms with Crippen LogP contribution in [0.4, 0.5) is 0 Å². The summed E-state index contributed by atoms with van der Waals surface area (Å²) in [6, 6.07) is 0. The van der Waals surface area contributed by atoms with Crippen molar-refractivity contribution in [1.82, 2.24) is 4.98 Å². The van der Waals surface area contributed by atoms with Crippen molar-refractivity contribution in [2.75, 3.05) is 19.8 Å². The first-order chi connectivity index (χ1) is 11.9. The minimum Gasteiger partial charge on any atom is -0.466 e. The number of ether oxygens (including phenoxy) is 3.